The lowest BCUT2D eigenvalue weighted by molar-refractivity contribution is -0.185. The van der Waals surface area contributed by atoms with Gasteiger partial charge >= 0.3 is 12.1 Å². The highest BCUT2D eigenvalue weighted by Crippen LogP contribution is 2.32. The lowest BCUT2D eigenvalue weighted by Crippen LogP contribution is -2.35. The molecule has 0 amide bonds. The predicted molar refractivity (Wildman–Crippen MR) is 217 cm³/mol. The van der Waals surface area contributed by atoms with Gasteiger partial charge in [-0.15, -0.1) is 10.2 Å². The summed E-state index contributed by atoms with van der Waals surface area (Å²) in [7, 11) is 0. The molecule has 7 rings (SSSR count). The van der Waals surface area contributed by atoms with Gasteiger partial charge in [-0.3, -0.25) is 9.59 Å². The molecule has 5 aromatic rings. The van der Waals surface area contributed by atoms with Gasteiger partial charge in [0.1, 0.15) is 11.6 Å². The van der Waals surface area contributed by atoms with Crippen LogP contribution in [0.15, 0.2) is 82.7 Å². The van der Waals surface area contributed by atoms with Gasteiger partial charge in [0.15, 0.2) is 11.0 Å². The second-order valence-corrected chi connectivity index (χ2v) is 15.7. The molecule has 18 heteroatoms. The van der Waals surface area contributed by atoms with Gasteiger partial charge in [0, 0.05) is 23.4 Å². The lowest BCUT2D eigenvalue weighted by atomic mass is 10.0. The topological polar surface area (TPSA) is 173 Å². The van der Waals surface area contributed by atoms with Crippen LogP contribution in [-0.2, 0) is 58.6 Å². The summed E-state index contributed by atoms with van der Waals surface area (Å²) in [6, 6.07) is 19.4. The molecular formula is C43H46F4N6O7S. The van der Waals surface area contributed by atoms with Crippen LogP contribution >= 0.6 is 11.8 Å². The maximum Gasteiger partial charge on any atom is 0.416 e. The number of aliphatic hydroxyl groups is 2. The van der Waals surface area contributed by atoms with E-state index in [0.29, 0.717) is 36.0 Å². The molecule has 1 aliphatic carbocycles. The SMILES string of the molecule is O=COC(O)C(O)C(=O)O.O=c1nc(SCc2ccc(F)cc2)n(Cc2nnc(CCCN3CCCCC3)n2Cc2ccc(-c3ccc(C(F)(F)F)cc3)cc2)c2c1CCC2. The number of likely N-dealkylation sites (tertiary alicyclic amines) is 1. The molecule has 0 spiro atoms. The van der Waals surface area contributed by atoms with Gasteiger partial charge in [-0.1, -0.05) is 66.7 Å². The van der Waals surface area contributed by atoms with E-state index in [1.165, 1.54) is 55.3 Å². The molecule has 3 N–H and O–H groups in total. The second kappa shape index (κ2) is 20.9. The van der Waals surface area contributed by atoms with Crippen LogP contribution in [0.5, 0.6) is 0 Å². The van der Waals surface area contributed by atoms with Gasteiger partial charge in [0.05, 0.1) is 18.7 Å². The van der Waals surface area contributed by atoms with E-state index in [-0.39, 0.29) is 17.8 Å². The minimum atomic E-state index is -4.38. The lowest BCUT2D eigenvalue weighted by Gasteiger charge is -2.26. The van der Waals surface area contributed by atoms with E-state index in [1.807, 2.05) is 24.3 Å². The highest BCUT2D eigenvalue weighted by Gasteiger charge is 2.30. The van der Waals surface area contributed by atoms with Crippen molar-refractivity contribution in [2.45, 2.75) is 93.9 Å². The number of carboxylic acids is 1. The average Bonchev–Trinajstić information content (AvgIpc) is 3.90. The predicted octanol–water partition coefficient (Wildman–Crippen LogP) is 5.88. The number of ether oxygens (including phenoxy) is 1. The quantitative estimate of drug-likeness (QED) is 0.0354. The Kier molecular flexibility index (Phi) is 15.5. The monoisotopic (exact) mass is 866 g/mol. The Balaban J connectivity index is 0.000000554. The highest BCUT2D eigenvalue weighted by molar-refractivity contribution is 7.98. The van der Waals surface area contributed by atoms with E-state index in [4.69, 9.17) is 25.5 Å². The molecule has 2 aromatic heterocycles. The third kappa shape index (κ3) is 12.1. The molecular weight excluding hydrogens is 821 g/mol. The number of rotatable bonds is 16. The van der Waals surface area contributed by atoms with Crippen LogP contribution in [0.2, 0.25) is 0 Å². The Labute approximate surface area is 353 Å². The van der Waals surface area contributed by atoms with Crippen LogP contribution in [0.25, 0.3) is 11.1 Å². The van der Waals surface area contributed by atoms with Gasteiger partial charge in [-0.2, -0.15) is 18.2 Å². The first-order valence-electron chi connectivity index (χ1n) is 19.9. The number of hydrogen-bond acceptors (Lipinski definition) is 11. The first-order valence-corrected chi connectivity index (χ1v) is 20.9. The van der Waals surface area contributed by atoms with Gasteiger partial charge in [0.2, 0.25) is 12.4 Å². The summed E-state index contributed by atoms with van der Waals surface area (Å²) in [5.74, 6) is 0.231. The van der Waals surface area contributed by atoms with Crippen molar-refractivity contribution in [2.75, 3.05) is 19.6 Å². The van der Waals surface area contributed by atoms with Crippen molar-refractivity contribution in [1.29, 1.82) is 0 Å². The number of piperidine rings is 1. The molecule has 3 aromatic carbocycles. The number of carbonyl (C=O) groups excluding carboxylic acids is 1. The Bertz CT molecular complexity index is 2300. The standard InChI is InChI=1S/C39H40F4N6OS.C4H6O6/c40-32-19-11-28(12-20-32)26-51-38-44-37(50)33-6-4-7-34(33)48(38)25-36-46-45-35(8-5-23-47-21-2-1-3-22-47)49(36)24-27-9-13-29(14-10-27)30-15-17-31(18-16-30)39(41,42)43;5-1-10-4(9)2(6)3(7)8/h9-20H,1-8,21-26H2;1-2,4,6,9H,(H,7,8). The molecule has 0 radical (unpaired) electrons. The molecule has 0 saturated carbocycles. The summed E-state index contributed by atoms with van der Waals surface area (Å²) in [5.41, 5.74) is 4.37. The molecule has 2 atom stereocenters. The third-order valence-corrected chi connectivity index (χ3v) is 11.6. The van der Waals surface area contributed by atoms with E-state index in [1.54, 1.807) is 12.1 Å². The fraction of sp³-hybridized carbons (Fsp3) is 0.395. The number of carbonyl (C=O) groups is 2. The summed E-state index contributed by atoms with van der Waals surface area (Å²) in [6.07, 6.45) is -0.623. The van der Waals surface area contributed by atoms with E-state index in [9.17, 15) is 31.9 Å². The van der Waals surface area contributed by atoms with Crippen LogP contribution in [0.1, 0.15) is 71.7 Å². The van der Waals surface area contributed by atoms with Gasteiger partial charge in [0.25, 0.3) is 12.0 Å². The smallest absolute Gasteiger partial charge is 0.416 e. The van der Waals surface area contributed by atoms with Crippen molar-refractivity contribution in [2.24, 2.45) is 0 Å². The molecule has 61 heavy (non-hydrogen) atoms. The maximum absolute atomic E-state index is 13.6. The zero-order valence-corrected chi connectivity index (χ0v) is 34.0. The second-order valence-electron chi connectivity index (χ2n) is 14.8. The van der Waals surface area contributed by atoms with Crippen LogP contribution in [0.4, 0.5) is 17.6 Å². The minimum Gasteiger partial charge on any atom is -0.479 e. The van der Waals surface area contributed by atoms with Crippen molar-refractivity contribution in [3.8, 4) is 11.1 Å². The van der Waals surface area contributed by atoms with Crippen molar-refractivity contribution < 1.29 is 47.2 Å². The number of carboxylic acid groups (broad SMARTS) is 1. The number of nitrogens with zero attached hydrogens (tertiary/aromatic N) is 6. The summed E-state index contributed by atoms with van der Waals surface area (Å²) >= 11 is 1.46. The molecule has 0 bridgehead atoms. The van der Waals surface area contributed by atoms with E-state index in [2.05, 4.69) is 23.8 Å². The number of benzene rings is 3. The van der Waals surface area contributed by atoms with E-state index in [0.717, 1.165) is 97.0 Å². The van der Waals surface area contributed by atoms with Crippen LogP contribution in [0, 0.1) is 5.82 Å². The number of fused-ring (bicyclic) bond motifs is 1. The van der Waals surface area contributed by atoms with Gasteiger partial charge < -0.3 is 34.1 Å². The van der Waals surface area contributed by atoms with Crippen molar-refractivity contribution in [3.63, 3.8) is 0 Å². The third-order valence-electron chi connectivity index (χ3n) is 10.6. The number of aliphatic carboxylic acids is 1. The average molecular weight is 867 g/mol. The summed E-state index contributed by atoms with van der Waals surface area (Å²) < 4.78 is 60.9. The van der Waals surface area contributed by atoms with E-state index < -0.39 is 30.1 Å². The molecule has 2 aliphatic rings. The van der Waals surface area contributed by atoms with Crippen molar-refractivity contribution in [1.82, 2.24) is 29.2 Å². The first-order chi connectivity index (χ1) is 29.3. The number of alkyl halides is 3. The number of thioether (sulfide) groups is 1. The molecule has 324 valence electrons. The Morgan fingerprint density at radius 1 is 0.836 bits per heavy atom. The maximum atomic E-state index is 13.6. The molecule has 13 nitrogen and oxygen atoms in total. The number of aliphatic hydroxyl groups excluding tert-OH is 2. The fourth-order valence-corrected chi connectivity index (χ4v) is 8.29. The molecule has 1 saturated heterocycles. The van der Waals surface area contributed by atoms with Crippen molar-refractivity contribution in [3.05, 3.63) is 129 Å². The van der Waals surface area contributed by atoms with Crippen LogP contribution < -0.4 is 5.56 Å². The number of aryl methyl sites for hydroxylation is 1. The zero-order valence-electron chi connectivity index (χ0n) is 33.1. The number of hydrogen-bond donors (Lipinski definition) is 3. The normalized spacial score (nSPS) is 15.0. The Hall–Kier alpha value is -5.43. The summed E-state index contributed by atoms with van der Waals surface area (Å²) in [5, 5.41) is 34.8. The minimum absolute atomic E-state index is 0.156. The number of aromatic nitrogens is 5. The highest BCUT2D eigenvalue weighted by atomic mass is 32.2. The zero-order chi connectivity index (χ0) is 43.5. The number of halogens is 4. The molecule has 1 aliphatic heterocycles. The summed E-state index contributed by atoms with van der Waals surface area (Å²) in [4.78, 5) is 39.4. The molecule has 2 unspecified atom stereocenters. The van der Waals surface area contributed by atoms with Crippen LogP contribution in [-0.4, -0.2) is 89.0 Å². The van der Waals surface area contributed by atoms with E-state index >= 15 is 0 Å². The largest absolute Gasteiger partial charge is 0.479 e. The Morgan fingerprint density at radius 2 is 1.48 bits per heavy atom. The van der Waals surface area contributed by atoms with Gasteiger partial charge in [-0.25, -0.2) is 9.18 Å². The summed E-state index contributed by atoms with van der Waals surface area (Å²) in [6.45, 7) is 4.02. The van der Waals surface area contributed by atoms with Gasteiger partial charge in [-0.05, 0) is 105 Å². The van der Waals surface area contributed by atoms with Crippen LogP contribution in [0.3, 0.4) is 0 Å². The molecule has 3 heterocycles. The Morgan fingerprint density at radius 3 is 2.11 bits per heavy atom. The fourth-order valence-electron chi connectivity index (χ4n) is 7.32. The first kappa shape index (κ1) is 45.1. The van der Waals surface area contributed by atoms with Crippen molar-refractivity contribution >= 4 is 24.2 Å². The molecule has 1 fully saturated rings.